The molecule has 0 aliphatic rings. The summed E-state index contributed by atoms with van der Waals surface area (Å²) in [5.41, 5.74) is 2.00. The number of anilines is 1. The number of methoxy groups -OCH3 is 1. The minimum atomic E-state index is -1.05. The van der Waals surface area contributed by atoms with Gasteiger partial charge < -0.3 is 15.2 Å². The molecule has 1 amide bonds. The van der Waals surface area contributed by atoms with Gasteiger partial charge in [0.25, 0.3) is 5.91 Å². The van der Waals surface area contributed by atoms with Crippen LogP contribution in [0.5, 0.6) is 5.75 Å². The van der Waals surface area contributed by atoms with Gasteiger partial charge in [0.15, 0.2) is 0 Å². The molecule has 6 nitrogen and oxygen atoms in total. The Hall–Kier alpha value is -3.59. The van der Waals surface area contributed by atoms with Crippen molar-refractivity contribution in [1.82, 2.24) is 0 Å². The summed E-state index contributed by atoms with van der Waals surface area (Å²) in [6.45, 7) is 1.90. The number of nitrogens with zero attached hydrogens (tertiary/aromatic N) is 1. The quantitative estimate of drug-likeness (QED) is 0.645. The van der Waals surface area contributed by atoms with Crippen LogP contribution in [0.2, 0.25) is 0 Å². The molecule has 0 aromatic heterocycles. The van der Waals surface area contributed by atoms with Crippen LogP contribution in [0.1, 0.15) is 21.5 Å². The van der Waals surface area contributed by atoms with Gasteiger partial charge in [-0.3, -0.25) is 4.79 Å². The first-order chi connectivity index (χ1) is 11.9. The van der Waals surface area contributed by atoms with E-state index in [1.165, 1.54) is 37.5 Å². The Balaban J connectivity index is 2.25. The van der Waals surface area contributed by atoms with E-state index in [2.05, 4.69) is 5.32 Å². The fourth-order valence-electron chi connectivity index (χ4n) is 2.17. The Morgan fingerprint density at radius 1 is 1.20 bits per heavy atom. The number of carboxylic acid groups (broad SMARTS) is 1. The molecule has 0 bridgehead atoms. The molecule has 0 unspecified atom stereocenters. The first-order valence-electron chi connectivity index (χ1n) is 7.35. The number of hydrogen-bond acceptors (Lipinski definition) is 4. The smallest absolute Gasteiger partial charge is 0.335 e. The van der Waals surface area contributed by atoms with Crippen molar-refractivity contribution in [2.45, 2.75) is 6.92 Å². The number of carboxylic acids is 1. The first-order valence-corrected chi connectivity index (χ1v) is 7.35. The lowest BCUT2D eigenvalue weighted by Gasteiger charge is -2.08. The summed E-state index contributed by atoms with van der Waals surface area (Å²) in [5.74, 6) is -1.09. The van der Waals surface area contributed by atoms with E-state index in [1.54, 1.807) is 6.07 Å². The molecule has 0 spiro atoms. The van der Waals surface area contributed by atoms with Gasteiger partial charge >= 0.3 is 5.97 Å². The van der Waals surface area contributed by atoms with Crippen LogP contribution in [0.25, 0.3) is 6.08 Å². The molecule has 6 heteroatoms. The topological polar surface area (TPSA) is 99.4 Å². The molecule has 25 heavy (non-hydrogen) atoms. The molecule has 0 atom stereocenters. The molecule has 0 fully saturated rings. The van der Waals surface area contributed by atoms with Crippen molar-refractivity contribution in [2.24, 2.45) is 0 Å². The maximum atomic E-state index is 12.3. The molecule has 2 aromatic rings. The molecule has 2 rings (SSSR count). The second-order valence-corrected chi connectivity index (χ2v) is 5.25. The number of benzene rings is 2. The lowest BCUT2D eigenvalue weighted by atomic mass is 10.1. The highest BCUT2D eigenvalue weighted by molar-refractivity contribution is 6.10. The Morgan fingerprint density at radius 2 is 1.88 bits per heavy atom. The van der Waals surface area contributed by atoms with Crippen LogP contribution in [-0.4, -0.2) is 24.1 Å². The largest absolute Gasteiger partial charge is 0.496 e. The Morgan fingerprint density at radius 3 is 2.44 bits per heavy atom. The highest BCUT2D eigenvalue weighted by Crippen LogP contribution is 2.23. The zero-order valence-electron chi connectivity index (χ0n) is 13.7. The molecule has 0 radical (unpaired) electrons. The van der Waals surface area contributed by atoms with E-state index in [9.17, 15) is 14.9 Å². The van der Waals surface area contributed by atoms with Gasteiger partial charge in [-0.1, -0.05) is 11.6 Å². The fraction of sp³-hybridized carbons (Fsp3) is 0.105. The minimum Gasteiger partial charge on any atom is -0.496 e. The highest BCUT2D eigenvalue weighted by atomic mass is 16.5. The van der Waals surface area contributed by atoms with Gasteiger partial charge in [0.1, 0.15) is 17.4 Å². The number of aromatic carboxylic acids is 1. The maximum Gasteiger partial charge on any atom is 0.335 e. The highest BCUT2D eigenvalue weighted by Gasteiger charge is 2.12. The van der Waals surface area contributed by atoms with Crippen LogP contribution in [0.4, 0.5) is 5.69 Å². The van der Waals surface area contributed by atoms with Crippen molar-refractivity contribution in [3.8, 4) is 11.8 Å². The molecule has 126 valence electrons. The van der Waals surface area contributed by atoms with Crippen molar-refractivity contribution in [3.63, 3.8) is 0 Å². The minimum absolute atomic E-state index is 0.0915. The maximum absolute atomic E-state index is 12.3. The fourth-order valence-corrected chi connectivity index (χ4v) is 2.17. The number of rotatable bonds is 5. The summed E-state index contributed by atoms with van der Waals surface area (Å²) in [7, 11) is 1.51. The van der Waals surface area contributed by atoms with Crippen LogP contribution < -0.4 is 10.1 Å². The normalized spacial score (nSPS) is 10.7. The van der Waals surface area contributed by atoms with Gasteiger partial charge in [-0.05, 0) is 49.4 Å². The first kappa shape index (κ1) is 17.8. The zero-order chi connectivity index (χ0) is 18.4. The predicted molar refractivity (Wildman–Crippen MR) is 93.4 cm³/mol. The van der Waals surface area contributed by atoms with Crippen LogP contribution in [0.15, 0.2) is 48.0 Å². The number of amides is 1. The van der Waals surface area contributed by atoms with Crippen LogP contribution >= 0.6 is 0 Å². The lowest BCUT2D eigenvalue weighted by Crippen LogP contribution is -2.13. The SMILES string of the molecule is COc1ccc(C)cc1/C=C(\C#N)C(=O)Nc1ccc(C(=O)O)cc1. The van der Waals surface area contributed by atoms with Crippen LogP contribution in [-0.2, 0) is 4.79 Å². The molecule has 2 aromatic carbocycles. The monoisotopic (exact) mass is 336 g/mol. The second-order valence-electron chi connectivity index (χ2n) is 5.25. The lowest BCUT2D eigenvalue weighted by molar-refractivity contribution is -0.112. The van der Waals surface area contributed by atoms with E-state index in [0.717, 1.165) is 5.56 Å². The van der Waals surface area contributed by atoms with Gasteiger partial charge in [-0.2, -0.15) is 5.26 Å². The molecule has 2 N–H and O–H groups in total. The number of nitrogens with one attached hydrogen (secondary N) is 1. The average Bonchev–Trinajstić information content (AvgIpc) is 2.60. The van der Waals surface area contributed by atoms with Crippen molar-refractivity contribution < 1.29 is 19.4 Å². The number of hydrogen-bond donors (Lipinski definition) is 2. The Labute approximate surface area is 145 Å². The number of carbonyl (C=O) groups is 2. The third-order valence-corrected chi connectivity index (χ3v) is 3.44. The van der Waals surface area contributed by atoms with Crippen LogP contribution in [0.3, 0.4) is 0 Å². The van der Waals surface area contributed by atoms with Gasteiger partial charge in [-0.25, -0.2) is 4.79 Å². The van der Waals surface area contributed by atoms with Gasteiger partial charge in [-0.15, -0.1) is 0 Å². The molecule has 0 aliphatic carbocycles. The Bertz CT molecular complexity index is 877. The van der Waals surface area contributed by atoms with Crippen LogP contribution in [0, 0.1) is 18.3 Å². The van der Waals surface area contributed by atoms with E-state index in [1.807, 2.05) is 25.1 Å². The number of nitriles is 1. The van der Waals surface area contributed by atoms with E-state index < -0.39 is 11.9 Å². The average molecular weight is 336 g/mol. The number of ether oxygens (including phenoxy) is 1. The van der Waals surface area contributed by atoms with E-state index in [-0.39, 0.29) is 11.1 Å². The van der Waals surface area contributed by atoms with Crippen molar-refractivity contribution >= 4 is 23.6 Å². The molecular formula is C19H16N2O4. The van der Waals surface area contributed by atoms with Gasteiger partial charge in [0.05, 0.1) is 12.7 Å². The van der Waals surface area contributed by atoms with Crippen molar-refractivity contribution in [2.75, 3.05) is 12.4 Å². The number of carbonyl (C=O) groups excluding carboxylic acids is 1. The third-order valence-electron chi connectivity index (χ3n) is 3.44. The molecule has 0 saturated carbocycles. The zero-order valence-corrected chi connectivity index (χ0v) is 13.7. The summed E-state index contributed by atoms with van der Waals surface area (Å²) in [5, 5.41) is 20.7. The predicted octanol–water partition coefficient (Wildman–Crippen LogP) is 3.25. The van der Waals surface area contributed by atoms with Crippen molar-refractivity contribution in [3.05, 3.63) is 64.7 Å². The second kappa shape index (κ2) is 7.79. The van der Waals surface area contributed by atoms with Crippen molar-refractivity contribution in [1.29, 1.82) is 5.26 Å². The summed E-state index contributed by atoms with van der Waals surface area (Å²) in [6, 6.07) is 13.0. The summed E-state index contributed by atoms with van der Waals surface area (Å²) >= 11 is 0. The standard InChI is InChI=1S/C19H16N2O4/c1-12-3-8-17(25-2)14(9-12)10-15(11-20)18(22)21-16-6-4-13(5-7-16)19(23)24/h3-10H,1-2H3,(H,21,22)(H,23,24)/b15-10+. The van der Waals surface area contributed by atoms with Gasteiger partial charge in [0, 0.05) is 11.3 Å². The number of aryl methyl sites for hydroxylation is 1. The van der Waals surface area contributed by atoms with E-state index >= 15 is 0 Å². The van der Waals surface area contributed by atoms with E-state index in [0.29, 0.717) is 17.0 Å². The summed E-state index contributed by atoms with van der Waals surface area (Å²) < 4.78 is 5.24. The summed E-state index contributed by atoms with van der Waals surface area (Å²) in [4.78, 5) is 23.1. The molecule has 0 saturated heterocycles. The summed E-state index contributed by atoms with van der Waals surface area (Å²) in [6.07, 6.45) is 1.45. The molecule has 0 heterocycles. The van der Waals surface area contributed by atoms with E-state index in [4.69, 9.17) is 9.84 Å². The molecule has 0 aliphatic heterocycles. The Kier molecular flexibility index (Phi) is 5.54. The third kappa shape index (κ3) is 4.45. The molecular weight excluding hydrogens is 320 g/mol. The van der Waals surface area contributed by atoms with Gasteiger partial charge in [0.2, 0.25) is 0 Å².